The van der Waals surface area contributed by atoms with Crippen molar-refractivity contribution < 1.29 is 18.8 Å². The van der Waals surface area contributed by atoms with Gasteiger partial charge in [0.1, 0.15) is 0 Å². The summed E-state index contributed by atoms with van der Waals surface area (Å²) in [5.41, 5.74) is 0. The van der Waals surface area contributed by atoms with Gasteiger partial charge >= 0.3 is 5.97 Å². The normalized spacial score (nSPS) is 11.3. The van der Waals surface area contributed by atoms with E-state index in [9.17, 15) is 9.59 Å². The van der Waals surface area contributed by atoms with Gasteiger partial charge in [-0.2, -0.15) is 0 Å². The Hall–Kier alpha value is -1.36. The van der Waals surface area contributed by atoms with Crippen LogP contribution >= 0.6 is 0 Å². The Balaban J connectivity index is 3.47. The van der Waals surface area contributed by atoms with Gasteiger partial charge < -0.3 is 14.1 Å². The number of rotatable bonds is 18. The van der Waals surface area contributed by atoms with Gasteiger partial charge in [0.2, 0.25) is 5.91 Å². The summed E-state index contributed by atoms with van der Waals surface area (Å²) in [5, 5.41) is 0. The third-order valence-electron chi connectivity index (χ3n) is 5.26. The smallest absolute Gasteiger partial charge is 0.305 e. The molecule has 0 fully saturated rings. The molecule has 0 aliphatic heterocycles. The summed E-state index contributed by atoms with van der Waals surface area (Å²) < 4.78 is 5.97. The van der Waals surface area contributed by atoms with Crippen LogP contribution in [0.15, 0.2) is 12.7 Å². The zero-order valence-electron chi connectivity index (χ0n) is 19.0. The first kappa shape index (κ1) is 26.6. The highest BCUT2D eigenvalue weighted by Gasteiger charge is 2.15. The van der Waals surface area contributed by atoms with Crippen LogP contribution in [0.1, 0.15) is 77.6 Å². The van der Waals surface area contributed by atoms with E-state index < -0.39 is 0 Å². The number of ether oxygens (including phenoxy) is 1. The van der Waals surface area contributed by atoms with E-state index in [-0.39, 0.29) is 11.9 Å². The minimum atomic E-state index is -0.0697. The van der Waals surface area contributed by atoms with Crippen LogP contribution in [0.3, 0.4) is 0 Å². The van der Waals surface area contributed by atoms with E-state index >= 15 is 0 Å². The molecule has 0 aromatic heterocycles. The molecule has 0 rings (SSSR count). The number of carbonyl (C=O) groups excluding carboxylic acids is 2. The lowest BCUT2D eigenvalue weighted by molar-refractivity contribution is -0.890. The average molecular weight is 398 g/mol. The molecule has 5 heteroatoms. The topological polar surface area (TPSA) is 46.6 Å². The molecule has 28 heavy (non-hydrogen) atoms. The number of unbranched alkanes of at least 4 members (excludes halogenated alkanes) is 8. The molecular formula is C23H45N2O3+. The van der Waals surface area contributed by atoms with Gasteiger partial charge in [-0.25, -0.2) is 0 Å². The maximum atomic E-state index is 11.4. The summed E-state index contributed by atoms with van der Waals surface area (Å²) >= 11 is 0. The fourth-order valence-corrected chi connectivity index (χ4v) is 3.39. The summed E-state index contributed by atoms with van der Waals surface area (Å²) in [4.78, 5) is 24.5. The number of amides is 1. The molecule has 0 aliphatic carbocycles. The molecule has 0 aromatic rings. The standard InChI is InChI=1S/C23H45N2O3/c1-6-22(26)24(3)19-15-13-11-9-8-10-12-14-16-20-25(4,5)21-17-18-23(27)28-7-2/h6H,1,7-21H2,2-5H3/q+1. The van der Waals surface area contributed by atoms with E-state index in [1.54, 1.807) is 4.90 Å². The number of hydrogen-bond donors (Lipinski definition) is 0. The van der Waals surface area contributed by atoms with Crippen LogP contribution in [0.5, 0.6) is 0 Å². The van der Waals surface area contributed by atoms with Gasteiger partial charge in [-0.15, -0.1) is 0 Å². The zero-order valence-corrected chi connectivity index (χ0v) is 19.0. The summed E-state index contributed by atoms with van der Waals surface area (Å²) in [7, 11) is 6.35. The van der Waals surface area contributed by atoms with E-state index in [1.807, 2.05) is 14.0 Å². The first-order valence-corrected chi connectivity index (χ1v) is 11.2. The van der Waals surface area contributed by atoms with Crippen LogP contribution < -0.4 is 0 Å². The molecule has 0 unspecified atom stereocenters. The van der Waals surface area contributed by atoms with E-state index in [1.165, 1.54) is 64.0 Å². The van der Waals surface area contributed by atoms with Crippen molar-refractivity contribution in [3.05, 3.63) is 12.7 Å². The Kier molecular flexibility index (Phi) is 15.8. The molecule has 1 amide bonds. The Morgan fingerprint density at radius 1 is 0.893 bits per heavy atom. The SMILES string of the molecule is C=CC(=O)N(C)CCCCCCCCCCC[N+](C)(C)CCCC(=O)OCC. The van der Waals surface area contributed by atoms with Crippen molar-refractivity contribution >= 4 is 11.9 Å². The molecule has 5 nitrogen and oxygen atoms in total. The van der Waals surface area contributed by atoms with Crippen molar-refractivity contribution in [1.82, 2.24) is 4.90 Å². The second-order valence-corrected chi connectivity index (χ2v) is 8.44. The summed E-state index contributed by atoms with van der Waals surface area (Å²) in [6.45, 7) is 8.89. The largest absolute Gasteiger partial charge is 0.466 e. The van der Waals surface area contributed by atoms with Crippen LogP contribution in [-0.2, 0) is 14.3 Å². The minimum absolute atomic E-state index is 0.0146. The summed E-state index contributed by atoms with van der Waals surface area (Å²) in [6, 6.07) is 0. The lowest BCUT2D eigenvalue weighted by Crippen LogP contribution is -2.41. The molecule has 0 saturated heterocycles. The molecule has 164 valence electrons. The Morgan fingerprint density at radius 3 is 1.93 bits per heavy atom. The van der Waals surface area contributed by atoms with Crippen molar-refractivity contribution in [3.8, 4) is 0 Å². The second kappa shape index (κ2) is 16.6. The van der Waals surface area contributed by atoms with Gasteiger partial charge in [-0.3, -0.25) is 9.59 Å². The molecule has 0 heterocycles. The molecule has 0 saturated carbocycles. The number of nitrogens with zero attached hydrogens (tertiary/aromatic N) is 2. The number of esters is 1. The molecular weight excluding hydrogens is 352 g/mol. The molecule has 0 aromatic carbocycles. The monoisotopic (exact) mass is 397 g/mol. The molecule has 0 spiro atoms. The van der Waals surface area contributed by atoms with Crippen LogP contribution in [0.4, 0.5) is 0 Å². The van der Waals surface area contributed by atoms with E-state index in [2.05, 4.69) is 20.7 Å². The van der Waals surface area contributed by atoms with Crippen molar-refractivity contribution in [2.75, 3.05) is 47.4 Å². The predicted octanol–water partition coefficient (Wildman–Crippen LogP) is 4.56. The summed E-state index contributed by atoms with van der Waals surface area (Å²) in [6.07, 6.45) is 14.2. The van der Waals surface area contributed by atoms with Crippen molar-refractivity contribution in [1.29, 1.82) is 0 Å². The number of carbonyl (C=O) groups is 2. The molecule has 0 N–H and O–H groups in total. The molecule has 0 aliphatic rings. The Bertz CT molecular complexity index is 436. The van der Waals surface area contributed by atoms with Gasteiger partial charge in [0.05, 0.1) is 40.2 Å². The van der Waals surface area contributed by atoms with Crippen molar-refractivity contribution in [3.63, 3.8) is 0 Å². The maximum absolute atomic E-state index is 11.4. The minimum Gasteiger partial charge on any atom is -0.466 e. The number of quaternary nitrogens is 1. The van der Waals surface area contributed by atoms with E-state index in [0.29, 0.717) is 13.0 Å². The Labute approximate surface area is 173 Å². The molecule has 0 bridgehead atoms. The number of likely N-dealkylation sites (N-methyl/N-ethyl adjacent to an activating group) is 1. The van der Waals surface area contributed by atoms with Gasteiger partial charge in [-0.05, 0) is 32.3 Å². The quantitative estimate of drug-likeness (QED) is 0.147. The lowest BCUT2D eigenvalue weighted by atomic mass is 10.1. The lowest BCUT2D eigenvalue weighted by Gasteiger charge is -2.29. The van der Waals surface area contributed by atoms with Crippen molar-refractivity contribution in [2.45, 2.75) is 77.6 Å². The highest BCUT2D eigenvalue weighted by atomic mass is 16.5. The van der Waals surface area contributed by atoms with E-state index in [0.717, 1.165) is 30.4 Å². The third kappa shape index (κ3) is 15.7. The van der Waals surface area contributed by atoms with Gasteiger partial charge in [0.15, 0.2) is 0 Å². The number of hydrogen-bond acceptors (Lipinski definition) is 3. The zero-order chi connectivity index (χ0) is 21.3. The molecule has 0 radical (unpaired) electrons. The van der Waals surface area contributed by atoms with Gasteiger partial charge in [-0.1, -0.05) is 45.1 Å². The first-order valence-electron chi connectivity index (χ1n) is 11.2. The van der Waals surface area contributed by atoms with Crippen LogP contribution in [0.25, 0.3) is 0 Å². The van der Waals surface area contributed by atoms with Crippen LogP contribution in [0.2, 0.25) is 0 Å². The van der Waals surface area contributed by atoms with Crippen LogP contribution in [-0.4, -0.2) is 68.6 Å². The maximum Gasteiger partial charge on any atom is 0.305 e. The van der Waals surface area contributed by atoms with E-state index in [4.69, 9.17) is 4.74 Å². The second-order valence-electron chi connectivity index (χ2n) is 8.44. The predicted molar refractivity (Wildman–Crippen MR) is 117 cm³/mol. The van der Waals surface area contributed by atoms with Gasteiger partial charge in [0, 0.05) is 20.0 Å². The molecule has 0 atom stereocenters. The highest BCUT2D eigenvalue weighted by Crippen LogP contribution is 2.12. The first-order chi connectivity index (χ1) is 13.3. The third-order valence-corrected chi connectivity index (χ3v) is 5.26. The van der Waals surface area contributed by atoms with Crippen molar-refractivity contribution in [2.24, 2.45) is 0 Å². The van der Waals surface area contributed by atoms with Gasteiger partial charge in [0.25, 0.3) is 0 Å². The van der Waals surface area contributed by atoms with Crippen LogP contribution in [0, 0.1) is 0 Å². The average Bonchev–Trinajstić information content (AvgIpc) is 2.65. The fourth-order valence-electron chi connectivity index (χ4n) is 3.39. The fraction of sp³-hybridized carbons (Fsp3) is 0.826. The Morgan fingerprint density at radius 2 is 1.39 bits per heavy atom. The summed E-state index contributed by atoms with van der Waals surface area (Å²) in [5.74, 6) is -0.0550. The highest BCUT2D eigenvalue weighted by molar-refractivity contribution is 5.86.